The van der Waals surface area contributed by atoms with E-state index in [9.17, 15) is 14.4 Å². The molecule has 0 fully saturated rings. The van der Waals surface area contributed by atoms with Gasteiger partial charge in [0.05, 0.1) is 12.2 Å². The predicted octanol–water partition coefficient (Wildman–Crippen LogP) is 2.87. The van der Waals surface area contributed by atoms with Crippen LogP contribution in [-0.4, -0.2) is 29.3 Å². The Morgan fingerprint density at radius 1 is 1.15 bits per heavy atom. The van der Waals surface area contributed by atoms with Crippen molar-refractivity contribution in [3.63, 3.8) is 0 Å². The van der Waals surface area contributed by atoms with Gasteiger partial charge in [-0.1, -0.05) is 26.0 Å². The highest BCUT2D eigenvalue weighted by Crippen LogP contribution is 2.25. The molecule has 0 aliphatic heterocycles. The average Bonchev–Trinajstić information content (AvgIpc) is 3.07. The summed E-state index contributed by atoms with van der Waals surface area (Å²) < 4.78 is 0. The number of benzene rings is 1. The summed E-state index contributed by atoms with van der Waals surface area (Å²) in [6, 6.07) is 7.27. The summed E-state index contributed by atoms with van der Waals surface area (Å²) in [4.78, 5) is 39.0. The molecule has 1 atom stereocenters. The molecule has 0 spiro atoms. The molecule has 8 heteroatoms. The molecule has 2 aromatic rings. The number of thiazole rings is 1. The Morgan fingerprint density at radius 2 is 1.85 bits per heavy atom. The zero-order chi connectivity index (χ0) is 19.1. The second-order valence-corrected chi connectivity index (χ2v) is 6.73. The van der Waals surface area contributed by atoms with E-state index in [4.69, 9.17) is 0 Å². The third-order valence-corrected chi connectivity index (χ3v) is 4.49. The smallest absolute Gasteiger partial charge is 0.245 e. The van der Waals surface area contributed by atoms with E-state index in [2.05, 4.69) is 20.9 Å². The molecule has 0 radical (unpaired) electrons. The average molecular weight is 374 g/mol. The molecule has 0 saturated heterocycles. The molecular formula is C18H22N4O3S. The number of rotatable bonds is 7. The van der Waals surface area contributed by atoms with Crippen LogP contribution in [0.5, 0.6) is 0 Å². The van der Waals surface area contributed by atoms with E-state index in [0.717, 1.165) is 17.7 Å². The van der Waals surface area contributed by atoms with Gasteiger partial charge in [0.1, 0.15) is 0 Å². The number of nitrogens with zero attached hydrogens (tertiary/aromatic N) is 1. The molecule has 1 heterocycles. The summed E-state index contributed by atoms with van der Waals surface area (Å²) in [7, 11) is 0. The number of nitrogens with one attached hydrogen (secondary N) is 3. The monoisotopic (exact) mass is 374 g/mol. The van der Waals surface area contributed by atoms with Crippen LogP contribution in [0.15, 0.2) is 29.6 Å². The van der Waals surface area contributed by atoms with Gasteiger partial charge in [-0.05, 0) is 18.6 Å². The van der Waals surface area contributed by atoms with Gasteiger partial charge < -0.3 is 16.0 Å². The summed E-state index contributed by atoms with van der Waals surface area (Å²) in [6.07, 6.45) is 0.726. The van der Waals surface area contributed by atoms with E-state index in [0.29, 0.717) is 10.8 Å². The van der Waals surface area contributed by atoms with Crippen LogP contribution in [0.2, 0.25) is 0 Å². The molecule has 0 saturated carbocycles. The third-order valence-electron chi connectivity index (χ3n) is 3.73. The lowest BCUT2D eigenvalue weighted by Gasteiger charge is -2.09. The largest absolute Gasteiger partial charge is 0.347 e. The topological polar surface area (TPSA) is 100 Å². The van der Waals surface area contributed by atoms with Crippen molar-refractivity contribution in [3.8, 4) is 11.3 Å². The summed E-state index contributed by atoms with van der Waals surface area (Å²) >= 11 is 1.31. The van der Waals surface area contributed by atoms with E-state index in [1.807, 2.05) is 31.4 Å². The maximum absolute atomic E-state index is 11.9. The van der Waals surface area contributed by atoms with Crippen molar-refractivity contribution in [2.24, 2.45) is 5.92 Å². The molecule has 7 nitrogen and oxygen atoms in total. The first-order chi connectivity index (χ1) is 12.4. The van der Waals surface area contributed by atoms with Crippen LogP contribution in [0, 0.1) is 5.92 Å². The Bertz CT molecular complexity index is 786. The number of hydrogen-bond donors (Lipinski definition) is 3. The van der Waals surface area contributed by atoms with Gasteiger partial charge in [0, 0.05) is 29.5 Å². The van der Waals surface area contributed by atoms with Crippen molar-refractivity contribution in [3.05, 3.63) is 29.6 Å². The minimum atomic E-state index is -0.316. The Hall–Kier alpha value is -2.74. The van der Waals surface area contributed by atoms with Gasteiger partial charge in [-0.2, -0.15) is 0 Å². The van der Waals surface area contributed by atoms with Crippen molar-refractivity contribution in [2.45, 2.75) is 27.2 Å². The number of carbonyl (C=O) groups excluding carboxylic acids is 3. The maximum atomic E-state index is 11.9. The predicted molar refractivity (Wildman–Crippen MR) is 103 cm³/mol. The van der Waals surface area contributed by atoms with Crippen molar-refractivity contribution >= 4 is 39.9 Å². The van der Waals surface area contributed by atoms with E-state index in [-0.39, 0.29) is 30.2 Å². The van der Waals surface area contributed by atoms with E-state index in [1.54, 1.807) is 12.1 Å². The van der Waals surface area contributed by atoms with Crippen molar-refractivity contribution in [2.75, 3.05) is 17.2 Å². The Morgan fingerprint density at radius 3 is 2.46 bits per heavy atom. The highest BCUT2D eigenvalue weighted by molar-refractivity contribution is 7.14. The number of carbonyl (C=O) groups is 3. The van der Waals surface area contributed by atoms with Gasteiger partial charge in [0.15, 0.2) is 5.13 Å². The number of anilines is 2. The molecule has 26 heavy (non-hydrogen) atoms. The molecule has 3 amide bonds. The molecule has 138 valence electrons. The quantitative estimate of drug-likeness (QED) is 0.694. The SMILES string of the molecule is CCC(C)C(=O)NCC(=O)Nc1nc(-c2ccc(NC(C)=O)cc2)cs1. The minimum absolute atomic E-state index is 0.0799. The fourth-order valence-corrected chi connectivity index (χ4v) is 2.82. The molecule has 0 aliphatic carbocycles. The van der Waals surface area contributed by atoms with Gasteiger partial charge in [0.25, 0.3) is 0 Å². The van der Waals surface area contributed by atoms with Crippen LogP contribution in [0.25, 0.3) is 11.3 Å². The lowest BCUT2D eigenvalue weighted by atomic mass is 10.1. The Balaban J connectivity index is 1.92. The molecule has 2 rings (SSSR count). The van der Waals surface area contributed by atoms with Crippen molar-refractivity contribution in [1.29, 1.82) is 0 Å². The van der Waals surface area contributed by atoms with Gasteiger partial charge in [-0.15, -0.1) is 11.3 Å². The minimum Gasteiger partial charge on any atom is -0.347 e. The number of hydrogen-bond acceptors (Lipinski definition) is 5. The van der Waals surface area contributed by atoms with Gasteiger partial charge in [-0.3, -0.25) is 14.4 Å². The normalized spacial score (nSPS) is 11.5. The highest BCUT2D eigenvalue weighted by Gasteiger charge is 2.13. The van der Waals surface area contributed by atoms with E-state index >= 15 is 0 Å². The van der Waals surface area contributed by atoms with E-state index in [1.165, 1.54) is 18.3 Å². The summed E-state index contributed by atoms with van der Waals surface area (Å²) in [5, 5.41) is 10.3. The first-order valence-electron chi connectivity index (χ1n) is 8.30. The zero-order valence-corrected chi connectivity index (χ0v) is 15.8. The second kappa shape index (κ2) is 9.10. The fourth-order valence-electron chi connectivity index (χ4n) is 2.08. The lowest BCUT2D eigenvalue weighted by Crippen LogP contribution is -2.35. The van der Waals surface area contributed by atoms with Gasteiger partial charge in [0.2, 0.25) is 17.7 Å². The second-order valence-electron chi connectivity index (χ2n) is 5.87. The molecule has 0 aliphatic rings. The van der Waals surface area contributed by atoms with Crippen LogP contribution in [0.4, 0.5) is 10.8 Å². The van der Waals surface area contributed by atoms with Crippen molar-refractivity contribution < 1.29 is 14.4 Å². The zero-order valence-electron chi connectivity index (χ0n) is 15.0. The molecule has 3 N–H and O–H groups in total. The summed E-state index contributed by atoms with van der Waals surface area (Å²) in [5.41, 5.74) is 2.31. The van der Waals surface area contributed by atoms with Crippen LogP contribution in [-0.2, 0) is 14.4 Å². The Kier molecular flexibility index (Phi) is 6.85. The van der Waals surface area contributed by atoms with Crippen LogP contribution >= 0.6 is 11.3 Å². The first kappa shape index (κ1) is 19.6. The standard InChI is InChI=1S/C18H22N4O3S/c1-4-11(2)17(25)19-9-16(24)22-18-21-15(10-26-18)13-5-7-14(8-6-13)20-12(3)23/h5-8,10-11H,4,9H2,1-3H3,(H,19,25)(H,20,23)(H,21,22,24). The molecular weight excluding hydrogens is 352 g/mol. The van der Waals surface area contributed by atoms with Crippen LogP contribution < -0.4 is 16.0 Å². The molecule has 1 aromatic heterocycles. The molecule has 1 unspecified atom stereocenters. The number of amides is 3. The summed E-state index contributed by atoms with van der Waals surface area (Å²) in [5.74, 6) is -0.697. The molecule has 0 bridgehead atoms. The lowest BCUT2D eigenvalue weighted by molar-refractivity contribution is -0.126. The number of aromatic nitrogens is 1. The molecule has 1 aromatic carbocycles. The van der Waals surface area contributed by atoms with Gasteiger partial charge >= 0.3 is 0 Å². The van der Waals surface area contributed by atoms with Gasteiger partial charge in [-0.25, -0.2) is 4.98 Å². The first-order valence-corrected chi connectivity index (χ1v) is 9.18. The van der Waals surface area contributed by atoms with E-state index < -0.39 is 0 Å². The maximum Gasteiger partial charge on any atom is 0.245 e. The van der Waals surface area contributed by atoms with Crippen LogP contribution in [0.1, 0.15) is 27.2 Å². The highest BCUT2D eigenvalue weighted by atomic mass is 32.1. The third kappa shape index (κ3) is 5.66. The fraction of sp³-hybridized carbons (Fsp3) is 0.333. The van der Waals surface area contributed by atoms with Crippen LogP contribution in [0.3, 0.4) is 0 Å². The van der Waals surface area contributed by atoms with Crippen molar-refractivity contribution in [1.82, 2.24) is 10.3 Å². The summed E-state index contributed by atoms with van der Waals surface area (Å²) in [6.45, 7) is 5.11. The Labute approximate surface area is 156 Å².